The maximum Gasteiger partial charge on any atom is 0.137 e. The average Bonchev–Trinajstić information content (AvgIpc) is 3.22. The highest BCUT2D eigenvalue weighted by molar-refractivity contribution is 5.77. The number of nitrogens with zero attached hydrogens (tertiary/aromatic N) is 5. The van der Waals surface area contributed by atoms with Gasteiger partial charge in [0.25, 0.3) is 0 Å². The fourth-order valence-corrected chi connectivity index (χ4v) is 3.74. The summed E-state index contributed by atoms with van der Waals surface area (Å²) in [6, 6.07) is 14.4. The molecule has 1 aliphatic heterocycles. The molecule has 1 aliphatic rings. The predicted octanol–water partition coefficient (Wildman–Crippen LogP) is 3.07. The molecule has 0 saturated carbocycles. The van der Waals surface area contributed by atoms with Crippen LogP contribution in [0.5, 0.6) is 0 Å². The van der Waals surface area contributed by atoms with Crippen LogP contribution >= 0.6 is 0 Å². The van der Waals surface area contributed by atoms with Gasteiger partial charge in [0.1, 0.15) is 23.0 Å². The van der Waals surface area contributed by atoms with E-state index in [1.165, 1.54) is 5.39 Å². The number of fused-ring (bicyclic) bond motifs is 2. The Balaban J connectivity index is 1.29. The minimum absolute atomic E-state index is 0.768. The molecule has 136 valence electrons. The predicted molar refractivity (Wildman–Crippen MR) is 102 cm³/mol. The summed E-state index contributed by atoms with van der Waals surface area (Å²) >= 11 is 0. The quantitative estimate of drug-likeness (QED) is 0.560. The first kappa shape index (κ1) is 16.2. The summed E-state index contributed by atoms with van der Waals surface area (Å²) in [5, 5.41) is 10.0. The highest BCUT2D eigenvalue weighted by atomic mass is 16.3. The van der Waals surface area contributed by atoms with Gasteiger partial charge in [-0.3, -0.25) is 9.88 Å². The minimum atomic E-state index is 0.768. The molecule has 0 bridgehead atoms. The summed E-state index contributed by atoms with van der Waals surface area (Å²) in [7, 11) is 0. The second-order valence-corrected chi connectivity index (χ2v) is 7.00. The molecule has 0 radical (unpaired) electrons. The van der Waals surface area contributed by atoms with Gasteiger partial charge in [0, 0.05) is 50.3 Å². The highest BCUT2D eigenvalue weighted by Crippen LogP contribution is 2.21. The molecule has 1 aromatic carbocycles. The second-order valence-electron chi connectivity index (χ2n) is 7.00. The van der Waals surface area contributed by atoms with Gasteiger partial charge in [-0.05, 0) is 23.8 Å². The number of para-hydroxylation sites is 1. The largest absolute Gasteiger partial charge is 0.460 e. The molecule has 6 nitrogen and oxygen atoms in total. The van der Waals surface area contributed by atoms with Gasteiger partial charge in [-0.2, -0.15) is 0 Å². The number of aromatic nitrogens is 4. The van der Waals surface area contributed by atoms with Crippen LogP contribution in [0.3, 0.4) is 0 Å². The molecule has 0 aliphatic carbocycles. The van der Waals surface area contributed by atoms with Crippen molar-refractivity contribution in [2.75, 3.05) is 13.1 Å². The standard InChI is InChI=1S/C21H21N5O/c1-2-6-19-17(5-1)13-18(27-19)15-25-9-7-20-23-24-21(26(20)11-10-25)12-16-4-3-8-22-14-16/h1-6,8,13-14H,7,9-12,15H2. The van der Waals surface area contributed by atoms with Gasteiger partial charge >= 0.3 is 0 Å². The maximum absolute atomic E-state index is 5.99. The third kappa shape index (κ3) is 3.36. The van der Waals surface area contributed by atoms with E-state index in [4.69, 9.17) is 4.42 Å². The number of pyridine rings is 1. The number of furan rings is 1. The first-order valence-corrected chi connectivity index (χ1v) is 9.35. The van der Waals surface area contributed by atoms with E-state index in [1.807, 2.05) is 30.5 Å². The molecular weight excluding hydrogens is 338 g/mol. The molecule has 6 heteroatoms. The van der Waals surface area contributed by atoms with Crippen LogP contribution in [0.4, 0.5) is 0 Å². The van der Waals surface area contributed by atoms with Crippen molar-refractivity contribution >= 4 is 11.0 Å². The molecule has 4 aromatic rings. The lowest BCUT2D eigenvalue weighted by atomic mass is 10.2. The van der Waals surface area contributed by atoms with E-state index in [0.29, 0.717) is 0 Å². The molecule has 0 spiro atoms. The van der Waals surface area contributed by atoms with Crippen LogP contribution in [-0.4, -0.2) is 37.7 Å². The van der Waals surface area contributed by atoms with Crippen LogP contribution in [0, 0.1) is 0 Å². The van der Waals surface area contributed by atoms with Gasteiger partial charge in [-0.25, -0.2) is 0 Å². The van der Waals surface area contributed by atoms with E-state index >= 15 is 0 Å². The highest BCUT2D eigenvalue weighted by Gasteiger charge is 2.19. The van der Waals surface area contributed by atoms with E-state index in [-0.39, 0.29) is 0 Å². The van der Waals surface area contributed by atoms with E-state index in [9.17, 15) is 0 Å². The summed E-state index contributed by atoms with van der Waals surface area (Å²) < 4.78 is 8.26. The van der Waals surface area contributed by atoms with Gasteiger partial charge in [-0.1, -0.05) is 24.3 Å². The van der Waals surface area contributed by atoms with E-state index < -0.39 is 0 Å². The first-order valence-electron chi connectivity index (χ1n) is 9.35. The zero-order chi connectivity index (χ0) is 18.1. The van der Waals surface area contributed by atoms with Crippen LogP contribution < -0.4 is 0 Å². The summed E-state index contributed by atoms with van der Waals surface area (Å²) in [6.07, 6.45) is 5.36. The SMILES string of the molecule is c1cncc(Cc2nnc3n2CCN(Cc2cc4ccccc4o2)CC3)c1. The van der Waals surface area contributed by atoms with Crippen molar-refractivity contribution in [2.24, 2.45) is 0 Å². The minimum Gasteiger partial charge on any atom is -0.460 e. The van der Waals surface area contributed by atoms with Crippen LogP contribution in [0.15, 0.2) is 59.3 Å². The van der Waals surface area contributed by atoms with Crippen molar-refractivity contribution in [3.05, 3.63) is 77.8 Å². The third-order valence-electron chi connectivity index (χ3n) is 5.14. The van der Waals surface area contributed by atoms with Gasteiger partial charge < -0.3 is 8.98 Å². The summed E-state index contributed by atoms with van der Waals surface area (Å²) in [5.41, 5.74) is 2.12. The van der Waals surface area contributed by atoms with E-state index in [0.717, 1.165) is 67.6 Å². The van der Waals surface area contributed by atoms with Gasteiger partial charge in [0.15, 0.2) is 0 Å². The number of hydrogen-bond acceptors (Lipinski definition) is 5. The first-order chi connectivity index (χ1) is 13.3. The lowest BCUT2D eigenvalue weighted by Crippen LogP contribution is -2.26. The van der Waals surface area contributed by atoms with Crippen molar-refractivity contribution in [1.82, 2.24) is 24.6 Å². The summed E-state index contributed by atoms with van der Waals surface area (Å²) in [5.74, 6) is 3.11. The van der Waals surface area contributed by atoms with Crippen LogP contribution in [0.25, 0.3) is 11.0 Å². The number of rotatable bonds is 4. The monoisotopic (exact) mass is 359 g/mol. The van der Waals surface area contributed by atoms with Crippen molar-refractivity contribution in [1.29, 1.82) is 0 Å². The Morgan fingerprint density at radius 3 is 2.85 bits per heavy atom. The molecule has 0 N–H and O–H groups in total. The second kappa shape index (κ2) is 6.96. The van der Waals surface area contributed by atoms with E-state index in [2.05, 4.69) is 42.8 Å². The normalized spacial score (nSPS) is 15.0. The Labute approximate surface area is 157 Å². The van der Waals surface area contributed by atoms with Crippen LogP contribution in [0.1, 0.15) is 23.0 Å². The van der Waals surface area contributed by atoms with Gasteiger partial charge in [0.05, 0.1) is 6.54 Å². The zero-order valence-electron chi connectivity index (χ0n) is 15.1. The van der Waals surface area contributed by atoms with Gasteiger partial charge in [0.2, 0.25) is 0 Å². The Hall–Kier alpha value is -2.99. The van der Waals surface area contributed by atoms with Crippen molar-refractivity contribution < 1.29 is 4.42 Å². The summed E-state index contributed by atoms with van der Waals surface area (Å²) in [6.45, 7) is 3.65. The van der Waals surface area contributed by atoms with Crippen molar-refractivity contribution in [3.8, 4) is 0 Å². The number of hydrogen-bond donors (Lipinski definition) is 0. The Kier molecular flexibility index (Phi) is 4.18. The lowest BCUT2D eigenvalue weighted by Gasteiger charge is -2.17. The molecule has 27 heavy (non-hydrogen) atoms. The molecule has 3 aromatic heterocycles. The molecule has 0 fully saturated rings. The topological polar surface area (TPSA) is 60.0 Å². The van der Waals surface area contributed by atoms with Gasteiger partial charge in [-0.15, -0.1) is 10.2 Å². The Bertz CT molecular complexity index is 1020. The zero-order valence-corrected chi connectivity index (χ0v) is 15.1. The smallest absolute Gasteiger partial charge is 0.137 e. The molecule has 0 saturated heterocycles. The molecule has 0 atom stereocenters. The molecule has 5 rings (SSSR count). The third-order valence-corrected chi connectivity index (χ3v) is 5.14. The average molecular weight is 359 g/mol. The maximum atomic E-state index is 5.99. The number of benzene rings is 1. The molecular formula is C21H21N5O. The van der Waals surface area contributed by atoms with Crippen molar-refractivity contribution in [3.63, 3.8) is 0 Å². The fourth-order valence-electron chi connectivity index (χ4n) is 3.74. The molecule has 4 heterocycles. The molecule has 0 unspecified atom stereocenters. The van der Waals surface area contributed by atoms with Crippen LogP contribution in [0.2, 0.25) is 0 Å². The molecule has 0 amide bonds. The summed E-state index contributed by atoms with van der Waals surface area (Å²) in [4.78, 5) is 6.63. The lowest BCUT2D eigenvalue weighted by molar-refractivity contribution is 0.250. The fraction of sp³-hybridized carbons (Fsp3) is 0.286. The van der Waals surface area contributed by atoms with Crippen LogP contribution in [-0.2, 0) is 25.9 Å². The Morgan fingerprint density at radius 2 is 1.96 bits per heavy atom. The van der Waals surface area contributed by atoms with E-state index in [1.54, 1.807) is 6.20 Å². The Morgan fingerprint density at radius 1 is 1.00 bits per heavy atom. The van der Waals surface area contributed by atoms with Crippen molar-refractivity contribution in [2.45, 2.75) is 25.9 Å².